The molecule has 0 aromatic heterocycles. The van der Waals surface area contributed by atoms with Gasteiger partial charge in [-0.05, 0) is 101 Å². The molecule has 11 atom stereocenters. The third-order valence-corrected chi connectivity index (χ3v) is 11.4. The molecular weight excluding hydrogens is 432 g/mol. The van der Waals surface area contributed by atoms with Crippen molar-refractivity contribution in [2.24, 2.45) is 40.4 Å². The van der Waals surface area contributed by atoms with Gasteiger partial charge in [0, 0.05) is 17.8 Å². The number of hydrogen-bond acceptors (Lipinski definition) is 6. The lowest BCUT2D eigenvalue weighted by Crippen LogP contribution is -2.66. The summed E-state index contributed by atoms with van der Waals surface area (Å²) in [4.78, 5) is 13.4. The summed E-state index contributed by atoms with van der Waals surface area (Å²) in [6, 6.07) is 0. The van der Waals surface area contributed by atoms with Gasteiger partial charge in [0.05, 0.1) is 29.0 Å². The maximum Gasteiger partial charge on any atom is 0.137 e. The summed E-state index contributed by atoms with van der Waals surface area (Å²) in [5.74, 6) is -0.0670. The Morgan fingerprint density at radius 2 is 1.74 bits per heavy atom. The van der Waals surface area contributed by atoms with Gasteiger partial charge in [-0.15, -0.1) is 0 Å². The van der Waals surface area contributed by atoms with Gasteiger partial charge in [0.1, 0.15) is 5.78 Å². The molecule has 6 heteroatoms. The minimum absolute atomic E-state index is 0.138. The van der Waals surface area contributed by atoms with Crippen LogP contribution < -0.4 is 0 Å². The molecule has 196 valence electrons. The van der Waals surface area contributed by atoms with E-state index in [1.165, 1.54) is 0 Å². The Balaban J connectivity index is 1.62. The Kier molecular flexibility index (Phi) is 6.43. The highest BCUT2D eigenvalue weighted by Gasteiger charge is 2.71. The maximum absolute atomic E-state index is 13.4. The highest BCUT2D eigenvalue weighted by Crippen LogP contribution is 2.70. The first-order valence-corrected chi connectivity index (χ1v) is 13.5. The summed E-state index contributed by atoms with van der Waals surface area (Å²) < 4.78 is 0. The second kappa shape index (κ2) is 8.24. The van der Waals surface area contributed by atoms with Crippen molar-refractivity contribution in [2.75, 3.05) is 0 Å². The molecule has 6 nitrogen and oxygen atoms in total. The predicted molar refractivity (Wildman–Crippen MR) is 130 cm³/mol. The van der Waals surface area contributed by atoms with E-state index in [0.29, 0.717) is 32.1 Å². The average Bonchev–Trinajstić information content (AvgIpc) is 3.00. The normalized spacial score (nSPS) is 49.6. The van der Waals surface area contributed by atoms with Crippen LogP contribution in [0.4, 0.5) is 0 Å². The van der Waals surface area contributed by atoms with Gasteiger partial charge in [0.25, 0.3) is 0 Å². The lowest BCUT2D eigenvalue weighted by molar-refractivity contribution is -0.230. The number of rotatable bonds is 5. The fourth-order valence-electron chi connectivity index (χ4n) is 9.29. The molecule has 0 bridgehead atoms. The van der Waals surface area contributed by atoms with Crippen LogP contribution in [0.15, 0.2) is 0 Å². The Morgan fingerprint density at radius 3 is 2.35 bits per heavy atom. The molecule has 0 aliphatic heterocycles. The SMILES string of the molecule is C[C@H]1C[C@@]2(C)[C@@H](C[C@H]1O)C(=O)C[C@H]1[C@@H]2CC[C@]2(C)[C@@H]([C@@](C)(O)[C@H](O)CCC(C)(C)O)CC[C@@]12O. The molecule has 0 amide bonds. The van der Waals surface area contributed by atoms with E-state index in [0.717, 1.165) is 19.3 Å². The van der Waals surface area contributed by atoms with E-state index < -0.39 is 34.4 Å². The van der Waals surface area contributed by atoms with Gasteiger partial charge in [-0.25, -0.2) is 0 Å². The van der Waals surface area contributed by atoms with Crippen molar-refractivity contribution in [2.45, 2.75) is 128 Å². The zero-order valence-electron chi connectivity index (χ0n) is 22.0. The van der Waals surface area contributed by atoms with Crippen LogP contribution >= 0.6 is 0 Å². The second-order valence-electron chi connectivity index (χ2n) is 14.0. The van der Waals surface area contributed by atoms with Gasteiger partial charge in [0.2, 0.25) is 0 Å². The number of carbonyl (C=O) groups is 1. The summed E-state index contributed by atoms with van der Waals surface area (Å²) in [6.07, 6.45) is 3.65. The van der Waals surface area contributed by atoms with Crippen LogP contribution in [0, 0.1) is 40.4 Å². The van der Waals surface area contributed by atoms with Crippen LogP contribution in [-0.2, 0) is 4.79 Å². The number of aliphatic hydroxyl groups is 5. The van der Waals surface area contributed by atoms with Crippen molar-refractivity contribution in [3.05, 3.63) is 0 Å². The molecule has 0 unspecified atom stereocenters. The number of carbonyl (C=O) groups excluding carboxylic acids is 1. The summed E-state index contributed by atoms with van der Waals surface area (Å²) in [6.45, 7) is 11.4. The molecule has 0 heterocycles. The van der Waals surface area contributed by atoms with E-state index >= 15 is 0 Å². The van der Waals surface area contributed by atoms with Crippen molar-refractivity contribution < 1.29 is 30.3 Å². The van der Waals surface area contributed by atoms with E-state index in [1.54, 1.807) is 20.8 Å². The number of aliphatic hydroxyl groups excluding tert-OH is 2. The van der Waals surface area contributed by atoms with Crippen molar-refractivity contribution in [3.63, 3.8) is 0 Å². The first-order chi connectivity index (χ1) is 15.5. The van der Waals surface area contributed by atoms with Crippen LogP contribution in [0.3, 0.4) is 0 Å². The smallest absolute Gasteiger partial charge is 0.137 e. The molecule has 4 fully saturated rings. The largest absolute Gasteiger partial charge is 0.393 e. The Bertz CT molecular complexity index is 803. The maximum atomic E-state index is 13.4. The number of hydrogen-bond donors (Lipinski definition) is 5. The molecule has 4 rings (SSSR count). The van der Waals surface area contributed by atoms with Crippen molar-refractivity contribution >= 4 is 5.78 Å². The minimum atomic E-state index is -1.40. The monoisotopic (exact) mass is 480 g/mol. The molecule has 0 aromatic rings. The molecule has 5 N–H and O–H groups in total. The molecule has 34 heavy (non-hydrogen) atoms. The molecule has 4 aliphatic carbocycles. The average molecular weight is 481 g/mol. The number of Topliss-reactive ketones (excluding diaryl/α,β-unsaturated/α-hetero) is 1. The molecule has 4 aliphatic rings. The summed E-state index contributed by atoms with van der Waals surface area (Å²) >= 11 is 0. The Labute approximate surface area is 205 Å². The zero-order valence-corrected chi connectivity index (χ0v) is 22.0. The molecule has 0 radical (unpaired) electrons. The lowest BCUT2D eigenvalue weighted by Gasteiger charge is -2.64. The highest BCUT2D eigenvalue weighted by atomic mass is 16.3. The van der Waals surface area contributed by atoms with Gasteiger partial charge in [0.15, 0.2) is 0 Å². The van der Waals surface area contributed by atoms with Crippen LogP contribution in [-0.4, -0.2) is 60.3 Å². The van der Waals surface area contributed by atoms with Gasteiger partial charge in [-0.2, -0.15) is 0 Å². The topological polar surface area (TPSA) is 118 Å². The van der Waals surface area contributed by atoms with Crippen molar-refractivity contribution in [1.29, 1.82) is 0 Å². The summed E-state index contributed by atoms with van der Waals surface area (Å²) in [5, 5.41) is 55.5. The van der Waals surface area contributed by atoms with Gasteiger partial charge in [-0.3, -0.25) is 4.79 Å². The predicted octanol–water partition coefficient (Wildman–Crippen LogP) is 3.21. The molecule has 0 aromatic carbocycles. The van der Waals surface area contributed by atoms with Crippen molar-refractivity contribution in [1.82, 2.24) is 0 Å². The number of fused-ring (bicyclic) bond motifs is 5. The lowest BCUT2D eigenvalue weighted by atomic mass is 9.42. The standard InChI is InChI=1S/C28H48O6/c1-16-15-25(4)17-7-11-26(5)22(27(6,33)23(31)9-10-24(2,3)32)8-12-28(26,34)18(17)13-21(30)19(25)14-20(16)29/h16-20,22-23,29,31-34H,7-15H2,1-6H3/t16-,17-,18-,19-,20+,22-,23+,25+,26+,27+,28+/m0/s1. The fraction of sp³-hybridized carbons (Fsp3) is 0.964. The molecule has 0 saturated heterocycles. The summed E-state index contributed by atoms with van der Waals surface area (Å²) in [7, 11) is 0. The Morgan fingerprint density at radius 1 is 1.09 bits per heavy atom. The van der Waals surface area contributed by atoms with Gasteiger partial charge in [-0.1, -0.05) is 20.8 Å². The van der Waals surface area contributed by atoms with Crippen LogP contribution in [0.25, 0.3) is 0 Å². The first kappa shape index (κ1) is 26.5. The Hall–Kier alpha value is -0.530. The van der Waals surface area contributed by atoms with E-state index in [-0.39, 0.29) is 47.2 Å². The molecule has 4 saturated carbocycles. The second-order valence-corrected chi connectivity index (χ2v) is 14.0. The minimum Gasteiger partial charge on any atom is -0.393 e. The third kappa shape index (κ3) is 3.82. The molecular formula is C28H48O6. The zero-order chi connectivity index (χ0) is 25.5. The highest BCUT2D eigenvalue weighted by molar-refractivity contribution is 5.83. The summed E-state index contributed by atoms with van der Waals surface area (Å²) in [5.41, 5.74) is -4.21. The van der Waals surface area contributed by atoms with Crippen LogP contribution in [0.2, 0.25) is 0 Å². The first-order valence-electron chi connectivity index (χ1n) is 13.5. The van der Waals surface area contributed by atoms with Crippen LogP contribution in [0.1, 0.15) is 99.3 Å². The quantitative estimate of drug-likeness (QED) is 0.412. The van der Waals surface area contributed by atoms with E-state index in [2.05, 4.69) is 20.8 Å². The van der Waals surface area contributed by atoms with Gasteiger partial charge >= 0.3 is 0 Å². The number of ketones is 1. The third-order valence-electron chi connectivity index (χ3n) is 11.4. The van der Waals surface area contributed by atoms with E-state index in [4.69, 9.17) is 0 Å². The van der Waals surface area contributed by atoms with E-state index in [9.17, 15) is 30.3 Å². The van der Waals surface area contributed by atoms with E-state index in [1.807, 2.05) is 0 Å². The fourth-order valence-corrected chi connectivity index (χ4v) is 9.29. The van der Waals surface area contributed by atoms with Gasteiger partial charge < -0.3 is 25.5 Å². The molecule has 0 spiro atoms. The van der Waals surface area contributed by atoms with Crippen LogP contribution in [0.5, 0.6) is 0 Å². The van der Waals surface area contributed by atoms with Crippen molar-refractivity contribution in [3.8, 4) is 0 Å².